The van der Waals surface area contributed by atoms with Crippen molar-refractivity contribution in [2.75, 3.05) is 17.5 Å². The molecule has 0 saturated heterocycles. The number of aliphatic hydroxyl groups is 1. The van der Waals surface area contributed by atoms with E-state index in [9.17, 15) is 18.4 Å². The third-order valence-corrected chi connectivity index (χ3v) is 3.27. The lowest BCUT2D eigenvalue weighted by Gasteiger charge is -2.22. The van der Waals surface area contributed by atoms with E-state index >= 15 is 0 Å². The highest BCUT2D eigenvalue weighted by molar-refractivity contribution is 7.92. The van der Waals surface area contributed by atoms with Crippen LogP contribution in [-0.2, 0) is 10.0 Å². The van der Waals surface area contributed by atoms with Crippen LogP contribution in [0.1, 0.15) is 25.5 Å². The third-order valence-electron chi connectivity index (χ3n) is 2.66. The Morgan fingerprint density at radius 1 is 1.30 bits per heavy atom. The molecule has 2 N–H and O–H groups in total. The maximum atomic E-state index is 11.1. The summed E-state index contributed by atoms with van der Waals surface area (Å²) in [7, 11) is -3.32. The normalized spacial score (nSPS) is 13.1. The van der Waals surface area contributed by atoms with Crippen LogP contribution in [0, 0.1) is 4.91 Å². The molecule has 7 nitrogen and oxygen atoms in total. The molecule has 0 aromatic heterocycles. The zero-order chi connectivity index (χ0) is 15.3. The summed E-state index contributed by atoms with van der Waals surface area (Å²) in [5, 5.41) is 14.1. The fourth-order valence-corrected chi connectivity index (χ4v) is 2.17. The molecule has 0 aliphatic rings. The van der Waals surface area contributed by atoms with E-state index in [1.54, 1.807) is 38.1 Å². The van der Waals surface area contributed by atoms with Gasteiger partial charge in [-0.2, -0.15) is 0 Å². The van der Waals surface area contributed by atoms with E-state index in [0.717, 1.165) is 6.26 Å². The SMILES string of the molecule is CC(C)N(CC(O)c1ccc(NS(C)(=O)=O)cc1)N=O. The van der Waals surface area contributed by atoms with Gasteiger partial charge in [0.05, 0.1) is 24.2 Å². The van der Waals surface area contributed by atoms with Crippen LogP contribution in [0.4, 0.5) is 5.69 Å². The molecular formula is C12H19N3O4S. The van der Waals surface area contributed by atoms with E-state index in [1.807, 2.05) is 0 Å². The van der Waals surface area contributed by atoms with Gasteiger partial charge in [0.2, 0.25) is 10.0 Å². The minimum Gasteiger partial charge on any atom is -0.386 e. The second-order valence-electron chi connectivity index (χ2n) is 4.81. The van der Waals surface area contributed by atoms with Gasteiger partial charge in [0, 0.05) is 11.7 Å². The van der Waals surface area contributed by atoms with Crippen molar-refractivity contribution < 1.29 is 13.5 Å². The molecule has 0 fully saturated rings. The summed E-state index contributed by atoms with van der Waals surface area (Å²) >= 11 is 0. The highest BCUT2D eigenvalue weighted by atomic mass is 32.2. The van der Waals surface area contributed by atoms with Crippen molar-refractivity contribution >= 4 is 15.7 Å². The monoisotopic (exact) mass is 301 g/mol. The van der Waals surface area contributed by atoms with E-state index in [1.165, 1.54) is 5.01 Å². The Kier molecular flexibility index (Phi) is 5.46. The van der Waals surface area contributed by atoms with Gasteiger partial charge in [-0.25, -0.2) is 8.42 Å². The largest absolute Gasteiger partial charge is 0.386 e. The maximum absolute atomic E-state index is 11.1. The van der Waals surface area contributed by atoms with E-state index < -0.39 is 16.1 Å². The number of hydrogen-bond donors (Lipinski definition) is 2. The van der Waals surface area contributed by atoms with Gasteiger partial charge in [0.15, 0.2) is 0 Å². The first-order valence-corrected chi connectivity index (χ1v) is 7.98. The van der Waals surface area contributed by atoms with Crippen molar-refractivity contribution in [1.29, 1.82) is 0 Å². The summed E-state index contributed by atoms with van der Waals surface area (Å²) in [6.45, 7) is 3.68. The smallest absolute Gasteiger partial charge is 0.229 e. The molecule has 0 radical (unpaired) electrons. The first-order valence-electron chi connectivity index (χ1n) is 6.08. The Hall–Kier alpha value is -1.67. The van der Waals surface area contributed by atoms with E-state index in [4.69, 9.17) is 0 Å². The average Bonchev–Trinajstić information content (AvgIpc) is 2.34. The van der Waals surface area contributed by atoms with Gasteiger partial charge in [-0.05, 0) is 31.5 Å². The van der Waals surface area contributed by atoms with Crippen LogP contribution in [0.2, 0.25) is 0 Å². The van der Waals surface area contributed by atoms with Gasteiger partial charge < -0.3 is 5.11 Å². The molecule has 1 atom stereocenters. The molecule has 1 aromatic carbocycles. The number of aliphatic hydroxyl groups excluding tert-OH is 1. The van der Waals surface area contributed by atoms with Gasteiger partial charge >= 0.3 is 0 Å². The summed E-state index contributed by atoms with van der Waals surface area (Å²) in [5.74, 6) is 0. The van der Waals surface area contributed by atoms with Crippen LogP contribution in [0.5, 0.6) is 0 Å². The minimum absolute atomic E-state index is 0.0834. The zero-order valence-corrected chi connectivity index (χ0v) is 12.5. The minimum atomic E-state index is -3.32. The topological polar surface area (TPSA) is 99.1 Å². The number of anilines is 1. The second-order valence-corrected chi connectivity index (χ2v) is 6.56. The van der Waals surface area contributed by atoms with Crippen molar-refractivity contribution in [1.82, 2.24) is 5.01 Å². The molecule has 8 heteroatoms. The number of sulfonamides is 1. The Morgan fingerprint density at radius 3 is 2.25 bits per heavy atom. The summed E-state index contributed by atoms with van der Waals surface area (Å²) in [5.41, 5.74) is 0.996. The van der Waals surface area contributed by atoms with Gasteiger partial charge in [-0.15, -0.1) is 4.91 Å². The first-order chi connectivity index (χ1) is 9.23. The van der Waals surface area contributed by atoms with Gasteiger partial charge in [0.1, 0.15) is 0 Å². The van der Waals surface area contributed by atoms with Crippen LogP contribution in [-0.4, -0.2) is 37.4 Å². The molecule has 0 amide bonds. The number of benzene rings is 1. The van der Waals surface area contributed by atoms with Crippen LogP contribution < -0.4 is 4.72 Å². The third kappa shape index (κ3) is 5.14. The molecule has 20 heavy (non-hydrogen) atoms. The van der Waals surface area contributed by atoms with Gasteiger partial charge in [-0.1, -0.05) is 12.1 Å². The molecule has 0 aliphatic carbocycles. The lowest BCUT2D eigenvalue weighted by atomic mass is 10.1. The molecule has 1 aromatic rings. The van der Waals surface area contributed by atoms with Gasteiger partial charge in [0.25, 0.3) is 0 Å². The molecule has 0 bridgehead atoms. The van der Waals surface area contributed by atoms with Gasteiger partial charge in [-0.3, -0.25) is 9.73 Å². The van der Waals surface area contributed by atoms with Crippen LogP contribution >= 0.6 is 0 Å². The van der Waals surface area contributed by atoms with Crippen molar-refractivity contribution in [3.05, 3.63) is 34.7 Å². The fraction of sp³-hybridized carbons (Fsp3) is 0.500. The number of nitrogens with one attached hydrogen (secondary N) is 1. The Labute approximate surface area is 118 Å². The summed E-state index contributed by atoms with van der Waals surface area (Å²) < 4.78 is 24.5. The maximum Gasteiger partial charge on any atom is 0.229 e. The number of hydrogen-bond acceptors (Lipinski definition) is 5. The molecule has 0 saturated carbocycles. The molecule has 0 spiro atoms. The fourth-order valence-electron chi connectivity index (χ4n) is 1.61. The van der Waals surface area contributed by atoms with E-state index in [2.05, 4.69) is 10.0 Å². The second kappa shape index (κ2) is 6.67. The lowest BCUT2D eigenvalue weighted by Crippen LogP contribution is -2.29. The van der Waals surface area contributed by atoms with Crippen LogP contribution in [0.25, 0.3) is 0 Å². The number of nitrogens with zero attached hydrogens (tertiary/aromatic N) is 2. The van der Waals surface area contributed by atoms with E-state index in [-0.39, 0.29) is 12.6 Å². The van der Waals surface area contributed by atoms with Crippen LogP contribution in [0.15, 0.2) is 29.6 Å². The predicted molar refractivity (Wildman–Crippen MR) is 77.5 cm³/mol. The number of nitroso groups, excluding NO2 is 1. The molecule has 0 aliphatic heterocycles. The Morgan fingerprint density at radius 2 is 1.85 bits per heavy atom. The van der Waals surface area contributed by atoms with Crippen molar-refractivity contribution in [2.24, 2.45) is 5.29 Å². The van der Waals surface area contributed by atoms with Crippen molar-refractivity contribution in [3.63, 3.8) is 0 Å². The summed E-state index contributed by atoms with van der Waals surface area (Å²) in [4.78, 5) is 10.6. The number of rotatable bonds is 7. The Bertz CT molecular complexity index is 542. The van der Waals surface area contributed by atoms with Crippen molar-refractivity contribution in [3.8, 4) is 0 Å². The zero-order valence-electron chi connectivity index (χ0n) is 11.6. The summed E-state index contributed by atoms with van der Waals surface area (Å²) in [6, 6.07) is 6.19. The quantitative estimate of drug-likeness (QED) is 0.587. The standard InChI is InChI=1S/C12H19N3O4S/c1-9(2)15(14-17)8-12(16)10-4-6-11(7-5-10)13-20(3,18)19/h4-7,9,12-13,16H,8H2,1-3H3. The van der Waals surface area contributed by atoms with Crippen LogP contribution in [0.3, 0.4) is 0 Å². The predicted octanol–water partition coefficient (Wildman–Crippen LogP) is 1.48. The molecule has 1 rings (SSSR count). The average molecular weight is 301 g/mol. The lowest BCUT2D eigenvalue weighted by molar-refractivity contribution is 0.0966. The highest BCUT2D eigenvalue weighted by Crippen LogP contribution is 2.19. The van der Waals surface area contributed by atoms with Crippen molar-refractivity contribution in [2.45, 2.75) is 26.0 Å². The molecule has 0 heterocycles. The summed E-state index contributed by atoms with van der Waals surface area (Å²) in [6.07, 6.45) is 0.189. The molecular weight excluding hydrogens is 282 g/mol. The molecule has 112 valence electrons. The highest BCUT2D eigenvalue weighted by Gasteiger charge is 2.15. The molecule has 1 unspecified atom stereocenters. The van der Waals surface area contributed by atoms with E-state index in [0.29, 0.717) is 11.3 Å². The Balaban J connectivity index is 2.75. The first kappa shape index (κ1) is 16.4.